The predicted molar refractivity (Wildman–Crippen MR) is 122 cm³/mol. The van der Waals surface area contributed by atoms with Crippen LogP contribution in [0.15, 0.2) is 48.5 Å². The standard InChI is InChI=1S/C26H34N2O3/c1-20-10-12-22(13-11-20)26(29)28(23-7-3-4-8-23)19-25-18-27(14-15-31-25)17-21-6-5-9-24(16-21)30-2/h5-6,9-13,16,23,25H,3-4,7-8,14-15,17-19H2,1-2H3/t25-/m1/s1. The molecule has 1 aliphatic carbocycles. The van der Waals surface area contributed by atoms with Crippen LogP contribution in [-0.2, 0) is 11.3 Å². The molecule has 0 aromatic heterocycles. The molecule has 0 N–H and O–H groups in total. The SMILES string of the molecule is COc1cccc(CN2CCO[C@@H](CN(C(=O)c3ccc(C)cc3)C3CCCC3)C2)c1. The number of ether oxygens (including phenoxy) is 2. The first-order chi connectivity index (χ1) is 15.1. The Morgan fingerprint density at radius 2 is 1.94 bits per heavy atom. The van der Waals surface area contributed by atoms with Crippen LogP contribution in [0.25, 0.3) is 0 Å². The Kier molecular flexibility index (Phi) is 7.25. The minimum absolute atomic E-state index is 0.0364. The highest BCUT2D eigenvalue weighted by molar-refractivity contribution is 5.94. The first kappa shape index (κ1) is 21.8. The summed E-state index contributed by atoms with van der Waals surface area (Å²) in [5.41, 5.74) is 3.19. The van der Waals surface area contributed by atoms with Gasteiger partial charge in [-0.15, -0.1) is 0 Å². The van der Waals surface area contributed by atoms with E-state index >= 15 is 0 Å². The second kappa shape index (κ2) is 10.3. The summed E-state index contributed by atoms with van der Waals surface area (Å²) in [4.78, 5) is 17.9. The number of aryl methyl sites for hydroxylation is 1. The number of amides is 1. The zero-order chi connectivity index (χ0) is 21.6. The van der Waals surface area contributed by atoms with E-state index in [1.807, 2.05) is 36.4 Å². The number of rotatable bonds is 7. The quantitative estimate of drug-likeness (QED) is 0.668. The molecular weight excluding hydrogens is 388 g/mol. The number of carbonyl (C=O) groups is 1. The summed E-state index contributed by atoms with van der Waals surface area (Å²) < 4.78 is 11.5. The number of methoxy groups -OCH3 is 1. The normalized spacial score (nSPS) is 20.0. The molecule has 0 bridgehead atoms. The molecule has 1 heterocycles. The van der Waals surface area contributed by atoms with Crippen molar-refractivity contribution in [2.45, 2.75) is 51.3 Å². The Morgan fingerprint density at radius 1 is 1.16 bits per heavy atom. The van der Waals surface area contributed by atoms with Gasteiger partial charge < -0.3 is 14.4 Å². The van der Waals surface area contributed by atoms with Gasteiger partial charge in [0, 0.05) is 37.8 Å². The van der Waals surface area contributed by atoms with E-state index in [9.17, 15) is 4.79 Å². The van der Waals surface area contributed by atoms with E-state index in [0.29, 0.717) is 19.2 Å². The van der Waals surface area contributed by atoms with Crippen LogP contribution in [0.2, 0.25) is 0 Å². The van der Waals surface area contributed by atoms with Gasteiger partial charge in [-0.2, -0.15) is 0 Å². The highest BCUT2D eigenvalue weighted by Gasteiger charge is 2.31. The van der Waals surface area contributed by atoms with Crippen molar-refractivity contribution in [1.82, 2.24) is 9.80 Å². The van der Waals surface area contributed by atoms with Gasteiger partial charge in [-0.1, -0.05) is 42.7 Å². The molecule has 2 aliphatic rings. The lowest BCUT2D eigenvalue weighted by Gasteiger charge is -2.38. The largest absolute Gasteiger partial charge is 0.497 e. The Bertz CT molecular complexity index is 861. The number of nitrogens with zero attached hydrogens (tertiary/aromatic N) is 2. The summed E-state index contributed by atoms with van der Waals surface area (Å²) in [7, 11) is 1.70. The summed E-state index contributed by atoms with van der Waals surface area (Å²) in [6, 6.07) is 16.5. The number of hydrogen-bond donors (Lipinski definition) is 0. The maximum Gasteiger partial charge on any atom is 0.254 e. The molecule has 0 spiro atoms. The Morgan fingerprint density at radius 3 is 2.68 bits per heavy atom. The van der Waals surface area contributed by atoms with Crippen molar-refractivity contribution in [3.8, 4) is 5.75 Å². The molecule has 1 amide bonds. The van der Waals surface area contributed by atoms with Gasteiger partial charge in [-0.25, -0.2) is 0 Å². The average Bonchev–Trinajstić information content (AvgIpc) is 3.32. The van der Waals surface area contributed by atoms with Crippen LogP contribution in [-0.4, -0.2) is 61.2 Å². The third-order valence-electron chi connectivity index (χ3n) is 6.49. The smallest absolute Gasteiger partial charge is 0.254 e. The van der Waals surface area contributed by atoms with Gasteiger partial charge in [-0.3, -0.25) is 9.69 Å². The second-order valence-electron chi connectivity index (χ2n) is 8.84. The summed E-state index contributed by atoms with van der Waals surface area (Å²) in [5, 5.41) is 0. The van der Waals surface area contributed by atoms with Crippen LogP contribution in [0.1, 0.15) is 47.2 Å². The molecule has 166 valence electrons. The van der Waals surface area contributed by atoms with Crippen LogP contribution in [0.3, 0.4) is 0 Å². The van der Waals surface area contributed by atoms with Crippen LogP contribution in [0, 0.1) is 6.92 Å². The molecule has 5 heteroatoms. The minimum Gasteiger partial charge on any atom is -0.497 e. The van der Waals surface area contributed by atoms with E-state index in [0.717, 1.165) is 43.8 Å². The van der Waals surface area contributed by atoms with E-state index in [-0.39, 0.29) is 12.0 Å². The fourth-order valence-corrected chi connectivity index (χ4v) is 4.76. The maximum atomic E-state index is 13.4. The lowest BCUT2D eigenvalue weighted by molar-refractivity contribution is -0.0468. The lowest BCUT2D eigenvalue weighted by Crippen LogP contribution is -2.50. The van der Waals surface area contributed by atoms with Crippen molar-refractivity contribution in [1.29, 1.82) is 0 Å². The minimum atomic E-state index is 0.0364. The van der Waals surface area contributed by atoms with Crippen molar-refractivity contribution in [2.75, 3.05) is 33.4 Å². The molecule has 2 fully saturated rings. The molecule has 1 saturated carbocycles. The predicted octanol–water partition coefficient (Wildman–Crippen LogP) is 4.29. The number of carbonyl (C=O) groups excluding carboxylic acids is 1. The fourth-order valence-electron chi connectivity index (χ4n) is 4.76. The molecular formula is C26H34N2O3. The van der Waals surface area contributed by atoms with E-state index in [2.05, 4.69) is 28.9 Å². The van der Waals surface area contributed by atoms with E-state index in [1.165, 1.54) is 24.0 Å². The van der Waals surface area contributed by atoms with Crippen LogP contribution in [0.5, 0.6) is 5.75 Å². The van der Waals surface area contributed by atoms with Gasteiger partial charge in [-0.05, 0) is 49.6 Å². The highest BCUT2D eigenvalue weighted by atomic mass is 16.5. The first-order valence-corrected chi connectivity index (χ1v) is 11.5. The molecule has 0 unspecified atom stereocenters. The Labute approximate surface area is 185 Å². The fraction of sp³-hybridized carbons (Fsp3) is 0.500. The average molecular weight is 423 g/mol. The topological polar surface area (TPSA) is 42.0 Å². The molecule has 4 rings (SSSR count). The van der Waals surface area contributed by atoms with Crippen LogP contribution in [0.4, 0.5) is 0 Å². The zero-order valence-corrected chi connectivity index (χ0v) is 18.8. The first-order valence-electron chi connectivity index (χ1n) is 11.5. The molecule has 1 saturated heterocycles. The van der Waals surface area contributed by atoms with Crippen molar-refractivity contribution >= 4 is 5.91 Å². The molecule has 1 atom stereocenters. The zero-order valence-electron chi connectivity index (χ0n) is 18.8. The number of hydrogen-bond acceptors (Lipinski definition) is 4. The maximum absolute atomic E-state index is 13.4. The third kappa shape index (κ3) is 5.66. The number of benzene rings is 2. The summed E-state index contributed by atoms with van der Waals surface area (Å²) in [5.74, 6) is 1.03. The monoisotopic (exact) mass is 422 g/mol. The molecule has 0 radical (unpaired) electrons. The Balaban J connectivity index is 1.43. The third-order valence-corrected chi connectivity index (χ3v) is 6.49. The highest BCUT2D eigenvalue weighted by Crippen LogP contribution is 2.26. The summed E-state index contributed by atoms with van der Waals surface area (Å²) in [6.45, 7) is 6.02. The van der Waals surface area contributed by atoms with Gasteiger partial charge in [0.15, 0.2) is 0 Å². The van der Waals surface area contributed by atoms with Gasteiger partial charge in [0.2, 0.25) is 0 Å². The van der Waals surface area contributed by atoms with E-state index in [1.54, 1.807) is 7.11 Å². The van der Waals surface area contributed by atoms with Crippen molar-refractivity contribution in [3.05, 3.63) is 65.2 Å². The molecule has 5 nitrogen and oxygen atoms in total. The van der Waals surface area contributed by atoms with Gasteiger partial charge in [0.05, 0.1) is 19.8 Å². The molecule has 2 aromatic carbocycles. The van der Waals surface area contributed by atoms with Crippen LogP contribution < -0.4 is 4.74 Å². The molecule has 1 aliphatic heterocycles. The Hall–Kier alpha value is -2.37. The van der Waals surface area contributed by atoms with Gasteiger partial charge >= 0.3 is 0 Å². The van der Waals surface area contributed by atoms with Crippen LogP contribution >= 0.6 is 0 Å². The summed E-state index contributed by atoms with van der Waals surface area (Å²) in [6.07, 6.45) is 4.64. The van der Waals surface area contributed by atoms with Gasteiger partial charge in [0.1, 0.15) is 5.75 Å². The van der Waals surface area contributed by atoms with Crippen molar-refractivity contribution in [3.63, 3.8) is 0 Å². The van der Waals surface area contributed by atoms with E-state index < -0.39 is 0 Å². The summed E-state index contributed by atoms with van der Waals surface area (Å²) >= 11 is 0. The van der Waals surface area contributed by atoms with E-state index in [4.69, 9.17) is 9.47 Å². The second-order valence-corrected chi connectivity index (χ2v) is 8.84. The van der Waals surface area contributed by atoms with Crippen molar-refractivity contribution < 1.29 is 14.3 Å². The van der Waals surface area contributed by atoms with Crippen molar-refractivity contribution in [2.24, 2.45) is 0 Å². The lowest BCUT2D eigenvalue weighted by atomic mass is 10.1. The number of morpholine rings is 1. The molecule has 2 aromatic rings. The molecule has 31 heavy (non-hydrogen) atoms. The van der Waals surface area contributed by atoms with Gasteiger partial charge in [0.25, 0.3) is 5.91 Å².